The number of likely N-dealkylation sites (tertiary alicyclic amines) is 1. The smallest absolute Gasteiger partial charge is 0.234 e. The Morgan fingerprint density at radius 1 is 1.43 bits per heavy atom. The minimum absolute atomic E-state index is 0.0901. The number of benzene rings is 1. The van der Waals surface area contributed by atoms with Crippen LogP contribution in [-0.2, 0) is 9.53 Å². The van der Waals surface area contributed by atoms with Crippen LogP contribution in [0.1, 0.15) is 24.9 Å². The van der Waals surface area contributed by atoms with Gasteiger partial charge in [-0.2, -0.15) is 0 Å². The van der Waals surface area contributed by atoms with Crippen molar-refractivity contribution in [1.82, 2.24) is 10.2 Å². The van der Waals surface area contributed by atoms with Gasteiger partial charge in [-0.1, -0.05) is 6.07 Å². The number of β-amino-alcohol motifs (C(OH)–C–C–N with tert-alkyl or cyclic N) is 1. The van der Waals surface area contributed by atoms with Crippen LogP contribution < -0.4 is 5.32 Å². The molecule has 1 aliphatic rings. The van der Waals surface area contributed by atoms with Crippen molar-refractivity contribution in [2.24, 2.45) is 0 Å². The number of hydrogen-bond donors (Lipinski definition) is 2. The summed E-state index contributed by atoms with van der Waals surface area (Å²) >= 11 is 0. The lowest BCUT2D eigenvalue weighted by Crippen LogP contribution is -2.38. The van der Waals surface area contributed by atoms with Crippen LogP contribution in [0, 0.1) is 11.6 Å². The summed E-state index contributed by atoms with van der Waals surface area (Å²) in [7, 11) is 0. The third-order valence-electron chi connectivity index (χ3n) is 3.83. The molecule has 0 spiro atoms. The number of hydrogen-bond acceptors (Lipinski definition) is 4. The SMILES string of the molecule is CCOCCNC(=O)CN1C[C@H](O)C[C@@H]1c1ccc(F)c(F)c1. The zero-order chi connectivity index (χ0) is 16.8. The Morgan fingerprint density at radius 3 is 2.91 bits per heavy atom. The van der Waals surface area contributed by atoms with E-state index >= 15 is 0 Å². The van der Waals surface area contributed by atoms with Crippen LogP contribution in [0.4, 0.5) is 8.78 Å². The van der Waals surface area contributed by atoms with Gasteiger partial charge in [0.25, 0.3) is 0 Å². The summed E-state index contributed by atoms with van der Waals surface area (Å²) in [6, 6.07) is 3.37. The van der Waals surface area contributed by atoms with Gasteiger partial charge in [0.15, 0.2) is 11.6 Å². The van der Waals surface area contributed by atoms with Gasteiger partial charge in [-0.05, 0) is 31.0 Å². The first-order chi connectivity index (χ1) is 11.0. The molecule has 23 heavy (non-hydrogen) atoms. The number of nitrogens with zero attached hydrogens (tertiary/aromatic N) is 1. The van der Waals surface area contributed by atoms with Crippen molar-refractivity contribution < 1.29 is 23.4 Å². The molecule has 0 aliphatic carbocycles. The Morgan fingerprint density at radius 2 is 2.22 bits per heavy atom. The normalized spacial score (nSPS) is 21.6. The Kier molecular flexibility index (Phi) is 6.44. The molecule has 2 rings (SSSR count). The Labute approximate surface area is 134 Å². The highest BCUT2D eigenvalue weighted by atomic mass is 19.2. The number of amides is 1. The zero-order valence-corrected chi connectivity index (χ0v) is 13.1. The Balaban J connectivity index is 1.96. The lowest BCUT2D eigenvalue weighted by Gasteiger charge is -2.24. The monoisotopic (exact) mass is 328 g/mol. The number of aliphatic hydroxyl groups excluding tert-OH is 1. The van der Waals surface area contributed by atoms with E-state index in [1.165, 1.54) is 6.07 Å². The average molecular weight is 328 g/mol. The van der Waals surface area contributed by atoms with Crippen LogP contribution >= 0.6 is 0 Å². The van der Waals surface area contributed by atoms with Gasteiger partial charge in [-0.15, -0.1) is 0 Å². The highest BCUT2D eigenvalue weighted by Crippen LogP contribution is 2.32. The molecule has 1 aliphatic heterocycles. The van der Waals surface area contributed by atoms with E-state index in [0.29, 0.717) is 38.3 Å². The van der Waals surface area contributed by atoms with Crippen LogP contribution in [0.15, 0.2) is 18.2 Å². The first kappa shape index (κ1) is 17.8. The predicted molar refractivity (Wildman–Crippen MR) is 80.8 cm³/mol. The third kappa shape index (κ3) is 4.95. The van der Waals surface area contributed by atoms with Gasteiger partial charge in [0.1, 0.15) is 0 Å². The molecule has 1 aromatic carbocycles. The average Bonchev–Trinajstić information content (AvgIpc) is 2.87. The molecule has 2 N–H and O–H groups in total. The molecule has 1 aromatic rings. The number of carbonyl (C=O) groups excluding carboxylic acids is 1. The van der Waals surface area contributed by atoms with Gasteiger partial charge in [0.05, 0.1) is 19.3 Å². The van der Waals surface area contributed by atoms with Gasteiger partial charge >= 0.3 is 0 Å². The van der Waals surface area contributed by atoms with Gasteiger partial charge in [0, 0.05) is 25.7 Å². The second kappa shape index (κ2) is 8.33. The fourth-order valence-corrected chi connectivity index (χ4v) is 2.77. The molecule has 2 atom stereocenters. The largest absolute Gasteiger partial charge is 0.392 e. The Bertz CT molecular complexity index is 542. The lowest BCUT2D eigenvalue weighted by atomic mass is 10.0. The predicted octanol–water partition coefficient (Wildman–Crippen LogP) is 1.23. The maximum absolute atomic E-state index is 13.4. The van der Waals surface area contributed by atoms with Gasteiger partial charge in [0.2, 0.25) is 5.91 Å². The van der Waals surface area contributed by atoms with Crippen LogP contribution in [0.3, 0.4) is 0 Å². The maximum Gasteiger partial charge on any atom is 0.234 e. The van der Waals surface area contributed by atoms with Gasteiger partial charge in [-0.25, -0.2) is 8.78 Å². The topological polar surface area (TPSA) is 61.8 Å². The molecule has 1 saturated heterocycles. The van der Waals surface area contributed by atoms with Crippen molar-refractivity contribution in [1.29, 1.82) is 0 Å². The van der Waals surface area contributed by atoms with E-state index in [0.717, 1.165) is 12.1 Å². The van der Waals surface area contributed by atoms with Crippen molar-refractivity contribution >= 4 is 5.91 Å². The van der Waals surface area contributed by atoms with Crippen molar-refractivity contribution in [3.63, 3.8) is 0 Å². The van der Waals surface area contributed by atoms with E-state index in [1.807, 2.05) is 6.92 Å². The second-order valence-corrected chi connectivity index (χ2v) is 5.56. The van der Waals surface area contributed by atoms with Crippen LogP contribution in [0.5, 0.6) is 0 Å². The third-order valence-corrected chi connectivity index (χ3v) is 3.83. The van der Waals surface area contributed by atoms with Crippen LogP contribution in [0.2, 0.25) is 0 Å². The molecule has 5 nitrogen and oxygen atoms in total. The number of halogens is 2. The summed E-state index contributed by atoms with van der Waals surface area (Å²) in [5.74, 6) is -2.02. The van der Waals surface area contributed by atoms with Crippen molar-refractivity contribution in [3.05, 3.63) is 35.4 Å². The highest BCUT2D eigenvalue weighted by Gasteiger charge is 2.33. The van der Waals surface area contributed by atoms with Crippen LogP contribution in [-0.4, -0.2) is 54.9 Å². The molecule has 1 amide bonds. The summed E-state index contributed by atoms with van der Waals surface area (Å²) in [5.41, 5.74) is 0.558. The molecule has 0 bridgehead atoms. The van der Waals surface area contributed by atoms with E-state index < -0.39 is 17.7 Å². The molecule has 0 radical (unpaired) electrons. The summed E-state index contributed by atoms with van der Waals surface area (Å²) in [4.78, 5) is 13.7. The summed E-state index contributed by atoms with van der Waals surface area (Å²) < 4.78 is 31.6. The lowest BCUT2D eigenvalue weighted by molar-refractivity contribution is -0.122. The minimum Gasteiger partial charge on any atom is -0.392 e. The Hall–Kier alpha value is -1.57. The number of carbonyl (C=O) groups is 1. The molecule has 128 valence electrons. The van der Waals surface area contributed by atoms with E-state index in [1.54, 1.807) is 4.90 Å². The quantitative estimate of drug-likeness (QED) is 0.739. The standard InChI is InChI=1S/C16H22F2N2O3/c1-2-23-6-5-19-16(22)10-20-9-12(21)8-15(20)11-3-4-13(17)14(18)7-11/h3-4,7,12,15,21H,2,5-6,8-10H2,1H3,(H,19,22)/t12-,15-/m1/s1. The minimum atomic E-state index is -0.926. The number of rotatable bonds is 7. The maximum atomic E-state index is 13.4. The fourth-order valence-electron chi connectivity index (χ4n) is 2.77. The fraction of sp³-hybridized carbons (Fsp3) is 0.562. The van der Waals surface area contributed by atoms with E-state index in [9.17, 15) is 18.7 Å². The molecule has 0 aromatic heterocycles. The number of aliphatic hydroxyl groups is 1. The van der Waals surface area contributed by atoms with Crippen molar-refractivity contribution in [2.45, 2.75) is 25.5 Å². The molecule has 7 heteroatoms. The summed E-state index contributed by atoms with van der Waals surface area (Å²) in [6.07, 6.45) is -0.207. The van der Waals surface area contributed by atoms with Gasteiger partial charge in [-0.3, -0.25) is 9.69 Å². The molecule has 0 saturated carbocycles. The number of nitrogens with one attached hydrogen (secondary N) is 1. The first-order valence-electron chi connectivity index (χ1n) is 7.72. The summed E-state index contributed by atoms with van der Waals surface area (Å²) in [6.45, 7) is 3.73. The van der Waals surface area contributed by atoms with Crippen LogP contribution in [0.25, 0.3) is 0 Å². The molecular formula is C16H22F2N2O3. The zero-order valence-electron chi connectivity index (χ0n) is 13.1. The molecule has 1 fully saturated rings. The van der Waals surface area contributed by atoms with E-state index in [2.05, 4.69) is 5.32 Å². The molecule has 1 heterocycles. The molecular weight excluding hydrogens is 306 g/mol. The van der Waals surface area contributed by atoms with Crippen molar-refractivity contribution in [2.75, 3.05) is 32.8 Å². The first-order valence-corrected chi connectivity index (χ1v) is 7.72. The van der Waals surface area contributed by atoms with Crippen molar-refractivity contribution in [3.8, 4) is 0 Å². The second-order valence-electron chi connectivity index (χ2n) is 5.56. The molecule has 0 unspecified atom stereocenters. The highest BCUT2D eigenvalue weighted by molar-refractivity contribution is 5.78. The van der Waals surface area contributed by atoms with E-state index in [4.69, 9.17) is 4.74 Å². The van der Waals surface area contributed by atoms with Gasteiger partial charge < -0.3 is 15.2 Å². The summed E-state index contributed by atoms with van der Waals surface area (Å²) in [5, 5.41) is 12.6. The number of ether oxygens (including phenoxy) is 1. The van der Waals surface area contributed by atoms with E-state index in [-0.39, 0.29) is 18.5 Å².